The number of carboxylic acid groups (broad SMARTS) is 1. The van der Waals surface area contributed by atoms with E-state index in [4.69, 9.17) is 0 Å². The summed E-state index contributed by atoms with van der Waals surface area (Å²) in [6.45, 7) is 2.96. The Balaban J connectivity index is 1.46. The second-order valence-electron chi connectivity index (χ2n) is 7.25. The first-order valence-corrected chi connectivity index (χ1v) is 9.60. The third kappa shape index (κ3) is 4.10. The predicted octanol–water partition coefficient (Wildman–Crippen LogP) is 4.22. The molecular weight excluding hydrogens is 350 g/mol. The van der Waals surface area contributed by atoms with Crippen LogP contribution in [0.3, 0.4) is 0 Å². The van der Waals surface area contributed by atoms with Crippen LogP contribution in [0, 0.1) is 0 Å². The topological polar surface area (TPSA) is 66.3 Å². The molecule has 1 aliphatic rings. The minimum Gasteiger partial charge on any atom is -0.478 e. The van der Waals surface area contributed by atoms with Crippen LogP contribution < -0.4 is 0 Å². The van der Waals surface area contributed by atoms with Crippen molar-refractivity contribution in [2.24, 2.45) is 0 Å². The van der Waals surface area contributed by atoms with Gasteiger partial charge < -0.3 is 5.11 Å². The van der Waals surface area contributed by atoms with Gasteiger partial charge in [-0.25, -0.2) is 4.79 Å². The van der Waals surface area contributed by atoms with E-state index in [1.165, 1.54) is 5.56 Å². The molecule has 1 fully saturated rings. The lowest BCUT2D eigenvalue weighted by Crippen LogP contribution is -2.34. The van der Waals surface area contributed by atoms with Gasteiger partial charge in [0.05, 0.1) is 11.3 Å². The maximum atomic E-state index is 11.5. The zero-order chi connectivity index (χ0) is 19.3. The Morgan fingerprint density at radius 1 is 1.11 bits per heavy atom. The monoisotopic (exact) mass is 373 g/mol. The first-order chi connectivity index (χ1) is 13.7. The summed E-state index contributed by atoms with van der Waals surface area (Å²) >= 11 is 0. The molecule has 0 bridgehead atoms. The van der Waals surface area contributed by atoms with Crippen LogP contribution in [-0.2, 0) is 6.54 Å². The zero-order valence-corrected chi connectivity index (χ0v) is 15.7. The van der Waals surface area contributed by atoms with Crippen molar-refractivity contribution in [1.29, 1.82) is 0 Å². The molecule has 1 saturated heterocycles. The maximum absolute atomic E-state index is 11.5. The number of hydrogen-bond donors (Lipinski definition) is 1. The van der Waals surface area contributed by atoms with Gasteiger partial charge in [-0.15, -0.1) is 0 Å². The average molecular weight is 373 g/mol. The minimum atomic E-state index is -0.900. The van der Waals surface area contributed by atoms with Crippen LogP contribution in [0.1, 0.15) is 40.4 Å². The lowest BCUT2D eigenvalue weighted by Gasteiger charge is -2.32. The molecule has 2 aromatic carbocycles. The normalized spacial score (nSPS) is 17.4. The van der Waals surface area contributed by atoms with Crippen LogP contribution in [0.2, 0.25) is 0 Å². The molecule has 0 spiro atoms. The van der Waals surface area contributed by atoms with E-state index in [0.29, 0.717) is 11.5 Å². The van der Waals surface area contributed by atoms with Gasteiger partial charge in [0, 0.05) is 37.6 Å². The Labute approximate surface area is 164 Å². The van der Waals surface area contributed by atoms with Crippen molar-refractivity contribution in [2.45, 2.75) is 25.3 Å². The number of aromatic carboxylic acids is 1. The Hall–Kier alpha value is -3.05. The van der Waals surface area contributed by atoms with E-state index < -0.39 is 5.97 Å². The number of nitrogens with zero attached hydrogens (tertiary/aromatic N) is 3. The van der Waals surface area contributed by atoms with E-state index in [9.17, 15) is 9.90 Å². The van der Waals surface area contributed by atoms with E-state index in [1.54, 1.807) is 24.5 Å². The third-order valence-corrected chi connectivity index (χ3v) is 5.34. The standard InChI is InChI=1S/C23H23N3O2/c27-23(28)21-6-2-1-5-20(21)18-9-7-17(8-10-18)15-26-13-3-4-19(16-26)22-14-24-11-12-25-22/h1-2,5-12,14,19H,3-4,13,15-16H2,(H,27,28). The molecule has 1 N–H and O–H groups in total. The molecular formula is C23H23N3O2. The van der Waals surface area contributed by atoms with Gasteiger partial charge in [-0.1, -0.05) is 42.5 Å². The van der Waals surface area contributed by atoms with E-state index >= 15 is 0 Å². The Kier molecular flexibility index (Phi) is 5.44. The summed E-state index contributed by atoms with van der Waals surface area (Å²) < 4.78 is 0. The fourth-order valence-corrected chi connectivity index (χ4v) is 3.93. The van der Waals surface area contributed by atoms with Crippen LogP contribution in [-0.4, -0.2) is 39.0 Å². The molecule has 1 unspecified atom stereocenters. The van der Waals surface area contributed by atoms with Crippen molar-refractivity contribution in [3.8, 4) is 11.1 Å². The van der Waals surface area contributed by atoms with Gasteiger partial charge in [-0.2, -0.15) is 0 Å². The SMILES string of the molecule is O=C(O)c1ccccc1-c1ccc(CN2CCCC(c3cnccn3)C2)cc1. The Morgan fingerprint density at radius 3 is 2.68 bits per heavy atom. The third-order valence-electron chi connectivity index (χ3n) is 5.34. The van der Waals surface area contributed by atoms with Gasteiger partial charge in [-0.05, 0) is 42.1 Å². The van der Waals surface area contributed by atoms with Gasteiger partial charge in [0.25, 0.3) is 0 Å². The summed E-state index contributed by atoms with van der Waals surface area (Å²) in [6.07, 6.45) is 7.67. The summed E-state index contributed by atoms with van der Waals surface area (Å²) in [5.74, 6) is -0.466. The number of carboxylic acids is 1. The Bertz CT molecular complexity index is 942. The molecule has 142 valence electrons. The first-order valence-electron chi connectivity index (χ1n) is 9.60. The molecule has 0 saturated carbocycles. The summed E-state index contributed by atoms with van der Waals surface area (Å²) in [4.78, 5) is 22.6. The molecule has 28 heavy (non-hydrogen) atoms. The molecule has 5 nitrogen and oxygen atoms in total. The maximum Gasteiger partial charge on any atom is 0.336 e. The minimum absolute atomic E-state index is 0.332. The summed E-state index contributed by atoms with van der Waals surface area (Å²) in [7, 11) is 0. The average Bonchev–Trinajstić information content (AvgIpc) is 2.75. The van der Waals surface area contributed by atoms with Crippen LogP contribution in [0.5, 0.6) is 0 Å². The summed E-state index contributed by atoms with van der Waals surface area (Å²) in [5.41, 5.74) is 4.32. The number of carbonyl (C=O) groups is 1. The molecule has 3 aromatic rings. The van der Waals surface area contributed by atoms with Gasteiger partial charge >= 0.3 is 5.97 Å². The Morgan fingerprint density at radius 2 is 1.93 bits per heavy atom. The van der Waals surface area contributed by atoms with Gasteiger partial charge in [0.2, 0.25) is 0 Å². The molecule has 4 rings (SSSR count). The lowest BCUT2D eigenvalue weighted by atomic mass is 9.94. The van der Waals surface area contributed by atoms with Crippen LogP contribution in [0.25, 0.3) is 11.1 Å². The zero-order valence-electron chi connectivity index (χ0n) is 15.7. The molecule has 0 amide bonds. The number of rotatable bonds is 5. The highest BCUT2D eigenvalue weighted by molar-refractivity contribution is 5.95. The predicted molar refractivity (Wildman–Crippen MR) is 108 cm³/mol. The van der Waals surface area contributed by atoms with Crippen molar-refractivity contribution < 1.29 is 9.90 Å². The molecule has 1 aromatic heterocycles. The summed E-state index contributed by atoms with van der Waals surface area (Å²) in [6, 6.07) is 15.4. The van der Waals surface area contributed by atoms with E-state index in [2.05, 4.69) is 27.0 Å². The van der Waals surface area contributed by atoms with Crippen molar-refractivity contribution in [1.82, 2.24) is 14.9 Å². The van der Waals surface area contributed by atoms with Gasteiger partial charge in [-0.3, -0.25) is 14.9 Å². The highest BCUT2D eigenvalue weighted by Crippen LogP contribution is 2.27. The number of benzene rings is 2. The quantitative estimate of drug-likeness (QED) is 0.725. The van der Waals surface area contributed by atoms with Crippen molar-refractivity contribution in [3.05, 3.63) is 83.9 Å². The fourth-order valence-electron chi connectivity index (χ4n) is 3.93. The number of likely N-dealkylation sites (tertiary alicyclic amines) is 1. The van der Waals surface area contributed by atoms with E-state index in [0.717, 1.165) is 49.3 Å². The van der Waals surface area contributed by atoms with Crippen LogP contribution in [0.4, 0.5) is 0 Å². The first kappa shape index (κ1) is 18.3. The molecule has 0 aliphatic carbocycles. The van der Waals surface area contributed by atoms with Crippen molar-refractivity contribution in [2.75, 3.05) is 13.1 Å². The second kappa shape index (κ2) is 8.31. The van der Waals surface area contributed by atoms with Crippen LogP contribution >= 0.6 is 0 Å². The van der Waals surface area contributed by atoms with Crippen molar-refractivity contribution in [3.63, 3.8) is 0 Å². The summed E-state index contributed by atoms with van der Waals surface area (Å²) in [5, 5.41) is 9.40. The fraction of sp³-hybridized carbons (Fsp3) is 0.261. The van der Waals surface area contributed by atoms with E-state index in [1.807, 2.05) is 30.5 Å². The van der Waals surface area contributed by atoms with Crippen molar-refractivity contribution >= 4 is 5.97 Å². The lowest BCUT2D eigenvalue weighted by molar-refractivity contribution is 0.0697. The van der Waals surface area contributed by atoms with Gasteiger partial charge in [0.15, 0.2) is 0 Å². The van der Waals surface area contributed by atoms with Gasteiger partial charge in [0.1, 0.15) is 0 Å². The molecule has 1 aliphatic heterocycles. The van der Waals surface area contributed by atoms with E-state index in [-0.39, 0.29) is 0 Å². The molecule has 1 atom stereocenters. The number of aromatic nitrogens is 2. The molecule has 0 radical (unpaired) electrons. The second-order valence-corrected chi connectivity index (χ2v) is 7.25. The highest BCUT2D eigenvalue weighted by Gasteiger charge is 2.22. The highest BCUT2D eigenvalue weighted by atomic mass is 16.4. The largest absolute Gasteiger partial charge is 0.478 e. The molecule has 5 heteroatoms. The molecule has 2 heterocycles. The van der Waals surface area contributed by atoms with Crippen LogP contribution in [0.15, 0.2) is 67.1 Å². The number of piperidine rings is 1. The number of hydrogen-bond acceptors (Lipinski definition) is 4. The smallest absolute Gasteiger partial charge is 0.336 e.